The number of hydrogen-bond donors (Lipinski definition) is 1. The summed E-state index contributed by atoms with van der Waals surface area (Å²) >= 11 is 0. The van der Waals surface area contributed by atoms with Crippen molar-refractivity contribution in [2.45, 2.75) is 40.5 Å². The van der Waals surface area contributed by atoms with E-state index in [2.05, 4.69) is 5.32 Å². The third kappa shape index (κ3) is 5.53. The molecule has 0 spiro atoms. The minimum absolute atomic E-state index is 0.0283. The van der Waals surface area contributed by atoms with Crippen LogP contribution in [0, 0.1) is 12.3 Å². The van der Waals surface area contributed by atoms with Crippen LogP contribution in [-0.2, 0) is 9.59 Å². The number of nitrogens with one attached hydrogen (secondary N) is 1. The molecule has 0 atom stereocenters. The van der Waals surface area contributed by atoms with E-state index in [9.17, 15) is 9.59 Å². The van der Waals surface area contributed by atoms with Crippen molar-refractivity contribution in [1.29, 1.82) is 0 Å². The first-order chi connectivity index (χ1) is 14.2. The molecule has 1 heterocycles. The van der Waals surface area contributed by atoms with Crippen LogP contribution >= 0.6 is 0 Å². The van der Waals surface area contributed by atoms with Gasteiger partial charge in [-0.1, -0.05) is 38.5 Å². The Morgan fingerprint density at radius 1 is 1.13 bits per heavy atom. The summed E-state index contributed by atoms with van der Waals surface area (Å²) < 4.78 is 11.3. The summed E-state index contributed by atoms with van der Waals surface area (Å²) in [5.41, 5.74) is 2.04. The van der Waals surface area contributed by atoms with Gasteiger partial charge >= 0.3 is 0 Å². The van der Waals surface area contributed by atoms with Gasteiger partial charge in [0.05, 0.1) is 12.3 Å². The number of unbranched alkanes of at least 4 members (excludes halogenated alkanes) is 1. The Morgan fingerprint density at radius 3 is 2.57 bits per heavy atom. The van der Waals surface area contributed by atoms with Crippen molar-refractivity contribution >= 4 is 23.2 Å². The number of carbonyl (C=O) groups excluding carboxylic acids is 2. The molecule has 1 aliphatic rings. The number of anilines is 2. The van der Waals surface area contributed by atoms with Crippen molar-refractivity contribution in [2.75, 3.05) is 30.0 Å². The molecule has 6 heteroatoms. The Balaban J connectivity index is 1.59. The van der Waals surface area contributed by atoms with Crippen LogP contribution in [0.5, 0.6) is 11.5 Å². The number of ether oxygens (including phenoxy) is 2. The van der Waals surface area contributed by atoms with Crippen molar-refractivity contribution in [2.24, 2.45) is 5.41 Å². The molecule has 1 aliphatic heterocycles. The maximum absolute atomic E-state index is 12.4. The molecule has 30 heavy (non-hydrogen) atoms. The summed E-state index contributed by atoms with van der Waals surface area (Å²) in [6.45, 7) is 8.82. The molecule has 0 radical (unpaired) electrons. The monoisotopic (exact) mass is 410 g/mol. The second-order valence-electron chi connectivity index (χ2n) is 8.59. The number of amides is 2. The summed E-state index contributed by atoms with van der Waals surface area (Å²) in [4.78, 5) is 26.5. The summed E-state index contributed by atoms with van der Waals surface area (Å²) in [5.74, 6) is 1.35. The lowest BCUT2D eigenvalue weighted by molar-refractivity contribution is -0.123. The second kappa shape index (κ2) is 9.20. The third-order valence-electron chi connectivity index (χ3n) is 4.91. The van der Waals surface area contributed by atoms with E-state index in [4.69, 9.17) is 9.47 Å². The highest BCUT2D eigenvalue weighted by Gasteiger charge is 2.27. The van der Waals surface area contributed by atoms with Gasteiger partial charge in [-0.3, -0.25) is 9.59 Å². The van der Waals surface area contributed by atoms with Crippen molar-refractivity contribution in [3.63, 3.8) is 0 Å². The summed E-state index contributed by atoms with van der Waals surface area (Å²) in [6, 6.07) is 13.4. The zero-order valence-corrected chi connectivity index (χ0v) is 18.2. The molecule has 1 N–H and O–H groups in total. The van der Waals surface area contributed by atoms with E-state index in [1.807, 2.05) is 52.0 Å². The molecule has 0 saturated carbocycles. The van der Waals surface area contributed by atoms with E-state index in [-0.39, 0.29) is 18.4 Å². The van der Waals surface area contributed by atoms with Gasteiger partial charge in [0.25, 0.3) is 5.91 Å². The number of benzene rings is 2. The second-order valence-corrected chi connectivity index (χ2v) is 8.59. The van der Waals surface area contributed by atoms with Crippen LogP contribution in [0.3, 0.4) is 0 Å². The highest BCUT2D eigenvalue weighted by molar-refractivity contribution is 6.00. The Bertz CT molecular complexity index is 900. The molecule has 0 unspecified atom stereocenters. The zero-order chi connectivity index (χ0) is 21.7. The van der Waals surface area contributed by atoms with Crippen LogP contribution in [-0.4, -0.2) is 31.6 Å². The highest BCUT2D eigenvalue weighted by Crippen LogP contribution is 2.35. The Morgan fingerprint density at radius 2 is 1.87 bits per heavy atom. The predicted octanol–water partition coefficient (Wildman–Crippen LogP) is 4.56. The van der Waals surface area contributed by atoms with E-state index < -0.39 is 5.41 Å². The smallest absolute Gasteiger partial charge is 0.265 e. The van der Waals surface area contributed by atoms with Crippen LogP contribution in [0.15, 0.2) is 42.5 Å². The first-order valence-corrected chi connectivity index (χ1v) is 10.3. The van der Waals surface area contributed by atoms with Gasteiger partial charge in [0.1, 0.15) is 11.5 Å². The molecule has 2 amide bonds. The number of hydrogen-bond acceptors (Lipinski definition) is 4. The van der Waals surface area contributed by atoms with Crippen molar-refractivity contribution in [3.8, 4) is 11.5 Å². The Hall–Kier alpha value is -3.02. The van der Waals surface area contributed by atoms with E-state index >= 15 is 0 Å². The predicted molar refractivity (Wildman–Crippen MR) is 118 cm³/mol. The van der Waals surface area contributed by atoms with Gasteiger partial charge in [-0.25, -0.2) is 0 Å². The summed E-state index contributed by atoms with van der Waals surface area (Å²) in [6.07, 6.45) is 1.63. The minimum Gasteiger partial charge on any atom is -0.494 e. The fraction of sp³-hybridized carbons (Fsp3) is 0.417. The standard InChI is InChI=1S/C24H30N2O4/c1-17-7-10-19(11-8-17)29-14-6-5-13-26-20-15-18(25-23(28)24(2,3)4)9-12-21(20)30-16-22(26)27/h7-12,15H,5-6,13-14,16H2,1-4H3,(H,25,28). The van der Waals surface area contributed by atoms with Crippen molar-refractivity contribution in [3.05, 3.63) is 48.0 Å². The number of rotatable bonds is 7. The quantitative estimate of drug-likeness (QED) is 0.679. The molecule has 0 fully saturated rings. The molecule has 160 valence electrons. The molecular formula is C24H30N2O4. The van der Waals surface area contributed by atoms with Crippen LogP contribution in [0.2, 0.25) is 0 Å². The minimum atomic E-state index is -0.501. The largest absolute Gasteiger partial charge is 0.494 e. The number of aryl methyl sites for hydroxylation is 1. The lowest BCUT2D eigenvalue weighted by atomic mass is 9.95. The van der Waals surface area contributed by atoms with E-state index in [1.54, 1.807) is 23.1 Å². The van der Waals surface area contributed by atoms with Gasteiger partial charge in [0, 0.05) is 17.6 Å². The normalized spacial score (nSPS) is 13.5. The SMILES string of the molecule is Cc1ccc(OCCCCN2C(=O)COc3ccc(NC(=O)C(C)(C)C)cc32)cc1. The van der Waals surface area contributed by atoms with Crippen LogP contribution in [0.1, 0.15) is 39.2 Å². The number of fused-ring (bicyclic) bond motifs is 1. The van der Waals surface area contributed by atoms with Gasteiger partial charge in [0.2, 0.25) is 5.91 Å². The molecular weight excluding hydrogens is 380 g/mol. The van der Waals surface area contributed by atoms with Crippen LogP contribution < -0.4 is 19.7 Å². The summed E-state index contributed by atoms with van der Waals surface area (Å²) in [7, 11) is 0. The Labute approximate surface area is 178 Å². The zero-order valence-electron chi connectivity index (χ0n) is 18.2. The maximum atomic E-state index is 12.4. The van der Waals surface area contributed by atoms with Crippen molar-refractivity contribution < 1.29 is 19.1 Å². The fourth-order valence-corrected chi connectivity index (χ4v) is 3.04. The third-order valence-corrected chi connectivity index (χ3v) is 4.91. The summed E-state index contributed by atoms with van der Waals surface area (Å²) in [5, 5.41) is 2.91. The lowest BCUT2D eigenvalue weighted by Gasteiger charge is -2.30. The number of nitrogens with zero attached hydrogens (tertiary/aromatic N) is 1. The average molecular weight is 411 g/mol. The molecule has 2 aromatic rings. The first-order valence-electron chi connectivity index (χ1n) is 10.3. The van der Waals surface area contributed by atoms with E-state index in [0.29, 0.717) is 30.3 Å². The topological polar surface area (TPSA) is 67.9 Å². The van der Waals surface area contributed by atoms with Gasteiger partial charge < -0.3 is 19.7 Å². The molecule has 0 bridgehead atoms. The van der Waals surface area contributed by atoms with Crippen LogP contribution in [0.4, 0.5) is 11.4 Å². The van der Waals surface area contributed by atoms with Gasteiger partial charge in [-0.05, 0) is 50.1 Å². The van der Waals surface area contributed by atoms with Crippen molar-refractivity contribution in [1.82, 2.24) is 0 Å². The average Bonchev–Trinajstić information content (AvgIpc) is 2.70. The lowest BCUT2D eigenvalue weighted by Crippen LogP contribution is -2.39. The maximum Gasteiger partial charge on any atom is 0.265 e. The molecule has 0 aromatic heterocycles. The van der Waals surface area contributed by atoms with Gasteiger partial charge in [-0.2, -0.15) is 0 Å². The molecule has 6 nitrogen and oxygen atoms in total. The molecule has 0 aliphatic carbocycles. The van der Waals surface area contributed by atoms with Gasteiger partial charge in [0.15, 0.2) is 6.61 Å². The fourth-order valence-electron chi connectivity index (χ4n) is 3.04. The van der Waals surface area contributed by atoms with Gasteiger partial charge in [-0.15, -0.1) is 0 Å². The van der Waals surface area contributed by atoms with Crippen LogP contribution in [0.25, 0.3) is 0 Å². The highest BCUT2D eigenvalue weighted by atomic mass is 16.5. The van der Waals surface area contributed by atoms with E-state index in [0.717, 1.165) is 18.6 Å². The Kier molecular flexibility index (Phi) is 6.65. The number of carbonyl (C=O) groups is 2. The van der Waals surface area contributed by atoms with E-state index in [1.165, 1.54) is 5.56 Å². The molecule has 2 aromatic carbocycles. The first kappa shape index (κ1) is 21.7. The molecule has 3 rings (SSSR count). The molecule has 0 saturated heterocycles.